The van der Waals surface area contributed by atoms with E-state index in [1.54, 1.807) is 23.1 Å². The summed E-state index contributed by atoms with van der Waals surface area (Å²) in [6.45, 7) is 1.07. The van der Waals surface area contributed by atoms with Gasteiger partial charge in [0.2, 0.25) is 0 Å². The Labute approximate surface area is 155 Å². The first-order valence-electron chi connectivity index (χ1n) is 8.33. The largest absolute Gasteiger partial charge is 0.500 e. The molecule has 3 rings (SSSR count). The first-order valence-corrected chi connectivity index (χ1v) is 9.15. The van der Waals surface area contributed by atoms with Crippen LogP contribution in [0.2, 0.25) is 0 Å². The SMILES string of the molecule is O=[PH+]OC(O)(CCN1CCCNc2c1c(=O)c2=O)OC(=O)c1ccccc1. The summed E-state index contributed by atoms with van der Waals surface area (Å²) >= 11 is 0. The van der Waals surface area contributed by atoms with Gasteiger partial charge in [-0.1, -0.05) is 22.7 Å². The van der Waals surface area contributed by atoms with Crippen LogP contribution in [0, 0.1) is 0 Å². The fourth-order valence-electron chi connectivity index (χ4n) is 2.91. The van der Waals surface area contributed by atoms with E-state index < -0.39 is 31.5 Å². The molecule has 0 aliphatic carbocycles. The van der Waals surface area contributed by atoms with Crippen LogP contribution in [0.5, 0.6) is 0 Å². The molecular weight excluding hydrogens is 375 g/mol. The zero-order chi connectivity index (χ0) is 19.4. The number of aliphatic hydroxyl groups is 1. The number of benzene rings is 1. The summed E-state index contributed by atoms with van der Waals surface area (Å²) in [4.78, 5) is 37.3. The van der Waals surface area contributed by atoms with Crippen molar-refractivity contribution in [1.29, 1.82) is 0 Å². The highest BCUT2D eigenvalue weighted by atomic mass is 31.1. The second-order valence-electron chi connectivity index (χ2n) is 6.05. The van der Waals surface area contributed by atoms with Gasteiger partial charge in [0.25, 0.3) is 10.9 Å². The molecule has 1 heterocycles. The van der Waals surface area contributed by atoms with Gasteiger partial charge in [0.1, 0.15) is 11.4 Å². The van der Waals surface area contributed by atoms with Crippen molar-refractivity contribution in [1.82, 2.24) is 0 Å². The number of ether oxygens (including phenoxy) is 1. The Kier molecular flexibility index (Phi) is 5.65. The van der Waals surface area contributed by atoms with Crippen molar-refractivity contribution < 1.29 is 23.7 Å². The Morgan fingerprint density at radius 1 is 1.26 bits per heavy atom. The molecule has 9 nitrogen and oxygen atoms in total. The minimum absolute atomic E-state index is 0.0581. The summed E-state index contributed by atoms with van der Waals surface area (Å²) in [6.07, 6.45) is 0.402. The molecule has 2 atom stereocenters. The van der Waals surface area contributed by atoms with Gasteiger partial charge >= 0.3 is 20.6 Å². The van der Waals surface area contributed by atoms with Gasteiger partial charge in [0.15, 0.2) is 0 Å². The Bertz CT molecular complexity index is 910. The normalized spacial score (nSPS) is 16.3. The predicted octanol–water partition coefficient (Wildman–Crippen LogP) is 0.753. The number of anilines is 2. The van der Waals surface area contributed by atoms with Gasteiger partial charge in [-0.3, -0.25) is 9.59 Å². The molecule has 0 amide bonds. The van der Waals surface area contributed by atoms with Gasteiger partial charge in [-0.2, -0.15) is 0 Å². The Morgan fingerprint density at radius 3 is 2.70 bits per heavy atom. The molecule has 142 valence electrons. The van der Waals surface area contributed by atoms with Crippen LogP contribution in [-0.4, -0.2) is 36.7 Å². The molecule has 2 N–H and O–H groups in total. The number of esters is 1. The van der Waals surface area contributed by atoms with Crippen LogP contribution in [0.3, 0.4) is 0 Å². The molecule has 2 aromatic rings. The molecule has 1 aliphatic heterocycles. The molecule has 10 heteroatoms. The van der Waals surface area contributed by atoms with E-state index in [0.717, 1.165) is 0 Å². The van der Waals surface area contributed by atoms with Crippen LogP contribution in [-0.2, 0) is 13.8 Å². The topological polar surface area (TPSA) is 122 Å². The molecule has 1 aliphatic rings. The third kappa shape index (κ3) is 4.05. The van der Waals surface area contributed by atoms with Gasteiger partial charge in [0, 0.05) is 19.6 Å². The van der Waals surface area contributed by atoms with E-state index in [2.05, 4.69) is 5.32 Å². The maximum atomic E-state index is 12.2. The molecule has 0 fully saturated rings. The van der Waals surface area contributed by atoms with Gasteiger partial charge in [-0.05, 0) is 23.1 Å². The number of hydrogen-bond donors (Lipinski definition) is 2. The lowest BCUT2D eigenvalue weighted by atomic mass is 10.1. The van der Waals surface area contributed by atoms with Crippen molar-refractivity contribution in [3.05, 3.63) is 56.3 Å². The number of rotatable bonds is 7. The zero-order valence-electron chi connectivity index (χ0n) is 14.3. The van der Waals surface area contributed by atoms with E-state index in [1.165, 1.54) is 12.1 Å². The third-order valence-electron chi connectivity index (χ3n) is 4.27. The fraction of sp³-hybridized carbons (Fsp3) is 0.353. The first kappa shape index (κ1) is 19.2. The fourth-order valence-corrected chi connectivity index (χ4v) is 3.18. The number of nitrogens with zero attached hydrogens (tertiary/aromatic N) is 1. The van der Waals surface area contributed by atoms with Crippen molar-refractivity contribution in [3.63, 3.8) is 0 Å². The van der Waals surface area contributed by atoms with Crippen molar-refractivity contribution in [2.24, 2.45) is 0 Å². The Balaban J connectivity index is 1.72. The lowest BCUT2D eigenvalue weighted by Gasteiger charge is -2.28. The summed E-state index contributed by atoms with van der Waals surface area (Å²) in [7, 11) is -1.36. The number of hydrogen-bond acceptors (Lipinski definition) is 9. The molecule has 0 aromatic heterocycles. The smallest absolute Gasteiger partial charge is 0.401 e. The highest BCUT2D eigenvalue weighted by molar-refractivity contribution is 7.17. The van der Waals surface area contributed by atoms with E-state index >= 15 is 0 Å². The summed E-state index contributed by atoms with van der Waals surface area (Å²) < 4.78 is 20.7. The van der Waals surface area contributed by atoms with Crippen LogP contribution in [0.25, 0.3) is 0 Å². The van der Waals surface area contributed by atoms with Gasteiger partial charge in [0.05, 0.1) is 12.0 Å². The van der Waals surface area contributed by atoms with Crippen LogP contribution in [0.1, 0.15) is 23.2 Å². The summed E-state index contributed by atoms with van der Waals surface area (Å²) in [5.41, 5.74) is -0.471. The lowest BCUT2D eigenvalue weighted by Crippen LogP contribution is -2.44. The average molecular weight is 393 g/mol. The van der Waals surface area contributed by atoms with Crippen LogP contribution in [0.4, 0.5) is 11.4 Å². The van der Waals surface area contributed by atoms with E-state index in [0.29, 0.717) is 19.5 Å². The van der Waals surface area contributed by atoms with Crippen LogP contribution >= 0.6 is 8.69 Å². The zero-order valence-corrected chi connectivity index (χ0v) is 15.3. The molecule has 2 aromatic carbocycles. The van der Waals surface area contributed by atoms with Crippen LogP contribution < -0.4 is 21.1 Å². The minimum atomic E-state index is -2.43. The number of fused-ring (bicyclic) bond motifs is 1. The molecule has 0 saturated heterocycles. The first-order chi connectivity index (χ1) is 12.9. The van der Waals surface area contributed by atoms with Crippen LogP contribution in [0.15, 0.2) is 39.9 Å². The van der Waals surface area contributed by atoms with Gasteiger partial charge in [-0.25, -0.2) is 4.79 Å². The van der Waals surface area contributed by atoms with Gasteiger partial charge in [-0.15, -0.1) is 0 Å². The lowest BCUT2D eigenvalue weighted by molar-refractivity contribution is -0.286. The molecule has 0 saturated carbocycles. The molecule has 27 heavy (non-hydrogen) atoms. The highest BCUT2D eigenvalue weighted by Crippen LogP contribution is 2.27. The standard InChI is InChI=1S/C17H17N2O7P/c20-14-12-13(15(14)21)19(9-4-8-18-12)10-7-17(23,26-27-24)25-16(22)11-5-2-1-3-6-11/h1-3,5-6,23,27H,4,7-10H2/p+1. The predicted molar refractivity (Wildman–Crippen MR) is 98.2 cm³/mol. The molecule has 0 bridgehead atoms. The summed E-state index contributed by atoms with van der Waals surface area (Å²) in [6, 6.07) is 7.97. The Hall–Kier alpha value is -2.61. The van der Waals surface area contributed by atoms with Crippen molar-refractivity contribution >= 4 is 26.0 Å². The van der Waals surface area contributed by atoms with Crippen molar-refractivity contribution in [2.45, 2.75) is 18.8 Å². The second-order valence-corrected chi connectivity index (χ2v) is 6.42. The van der Waals surface area contributed by atoms with E-state index in [9.17, 15) is 24.1 Å². The molecular formula is C17H18N2O7P+. The highest BCUT2D eigenvalue weighted by Gasteiger charge is 2.39. The molecule has 2 unspecified atom stereocenters. The molecule has 0 radical (unpaired) electrons. The number of carbonyl (C=O) groups excluding carboxylic acids is 1. The summed E-state index contributed by atoms with van der Waals surface area (Å²) in [5, 5.41) is 13.4. The number of carbonyl (C=O) groups is 1. The van der Waals surface area contributed by atoms with E-state index in [4.69, 9.17) is 9.26 Å². The number of nitrogens with one attached hydrogen (secondary N) is 1. The van der Waals surface area contributed by atoms with Crippen molar-refractivity contribution in [2.75, 3.05) is 29.9 Å². The van der Waals surface area contributed by atoms with E-state index in [-0.39, 0.29) is 29.9 Å². The summed E-state index contributed by atoms with van der Waals surface area (Å²) in [5.74, 6) is -3.27. The second kappa shape index (κ2) is 7.96. The average Bonchev–Trinajstić information content (AvgIpc) is 2.87. The minimum Gasteiger partial charge on any atom is -0.401 e. The Morgan fingerprint density at radius 2 is 2.00 bits per heavy atom. The maximum absolute atomic E-state index is 12.2. The third-order valence-corrected chi connectivity index (χ3v) is 4.67. The molecule has 0 spiro atoms. The maximum Gasteiger partial charge on any atom is 0.500 e. The van der Waals surface area contributed by atoms with Gasteiger partial charge < -0.3 is 20.1 Å². The monoisotopic (exact) mass is 393 g/mol. The van der Waals surface area contributed by atoms with Crippen molar-refractivity contribution in [3.8, 4) is 0 Å². The quantitative estimate of drug-likeness (QED) is 0.304. The van der Waals surface area contributed by atoms with E-state index in [1.807, 2.05) is 0 Å².